The largest absolute Gasteiger partial charge is 0.338 e. The van der Waals surface area contributed by atoms with Crippen LogP contribution in [0.3, 0.4) is 0 Å². The van der Waals surface area contributed by atoms with E-state index in [2.05, 4.69) is 6.58 Å². The van der Waals surface area contributed by atoms with E-state index >= 15 is 0 Å². The molecule has 1 amide bonds. The fourth-order valence-electron chi connectivity index (χ4n) is 0.837. The van der Waals surface area contributed by atoms with Gasteiger partial charge in [-0.05, 0) is 6.42 Å². The molecule has 0 bridgehead atoms. The van der Waals surface area contributed by atoms with Crippen molar-refractivity contribution in [2.75, 3.05) is 6.54 Å². The lowest BCUT2D eigenvalue weighted by molar-refractivity contribution is -0.194. The Hall–Kier alpha value is -1.32. The standard InChI is InChI=1S/C10H17NO3/c1-4-6-7-10(13)14-11(8-5-2)9(3)12/h5H,2,4,6-8H2,1,3H3. The summed E-state index contributed by atoms with van der Waals surface area (Å²) in [4.78, 5) is 26.9. The first-order valence-corrected chi connectivity index (χ1v) is 4.71. The number of carbonyl (C=O) groups excluding carboxylic acids is 2. The molecule has 0 atom stereocenters. The minimum absolute atomic E-state index is 0.229. The van der Waals surface area contributed by atoms with Gasteiger partial charge in [0.1, 0.15) is 0 Å². The Balaban J connectivity index is 3.95. The summed E-state index contributed by atoms with van der Waals surface area (Å²) in [6, 6.07) is 0. The highest BCUT2D eigenvalue weighted by Gasteiger charge is 2.12. The van der Waals surface area contributed by atoms with Crippen molar-refractivity contribution in [2.45, 2.75) is 33.1 Å². The number of hydroxylamine groups is 2. The van der Waals surface area contributed by atoms with E-state index in [0.717, 1.165) is 17.9 Å². The summed E-state index contributed by atoms with van der Waals surface area (Å²) in [5, 5.41) is 1.00. The first kappa shape index (κ1) is 12.7. The Kier molecular flexibility index (Phi) is 6.45. The zero-order chi connectivity index (χ0) is 11.0. The Morgan fingerprint density at radius 1 is 1.50 bits per heavy atom. The Morgan fingerprint density at radius 3 is 2.57 bits per heavy atom. The van der Waals surface area contributed by atoms with E-state index in [1.54, 1.807) is 0 Å². The van der Waals surface area contributed by atoms with Crippen molar-refractivity contribution in [1.82, 2.24) is 5.06 Å². The number of nitrogens with zero attached hydrogens (tertiary/aromatic N) is 1. The van der Waals surface area contributed by atoms with E-state index in [1.165, 1.54) is 13.0 Å². The highest BCUT2D eigenvalue weighted by molar-refractivity contribution is 5.76. The van der Waals surface area contributed by atoms with Crippen LogP contribution in [0.15, 0.2) is 12.7 Å². The molecule has 0 spiro atoms. The number of carbonyl (C=O) groups is 2. The van der Waals surface area contributed by atoms with Crippen LogP contribution in [0.25, 0.3) is 0 Å². The average Bonchev–Trinajstić information content (AvgIpc) is 2.14. The number of hydrogen-bond acceptors (Lipinski definition) is 3. The quantitative estimate of drug-likeness (QED) is 0.500. The molecule has 0 aromatic carbocycles. The van der Waals surface area contributed by atoms with Crippen LogP contribution in [-0.2, 0) is 14.4 Å². The van der Waals surface area contributed by atoms with Crippen molar-refractivity contribution in [3.05, 3.63) is 12.7 Å². The summed E-state index contributed by atoms with van der Waals surface area (Å²) in [5.41, 5.74) is 0. The molecule has 0 N–H and O–H groups in total. The molecule has 0 radical (unpaired) electrons. The van der Waals surface area contributed by atoms with Crippen LogP contribution in [0.2, 0.25) is 0 Å². The molecule has 0 fully saturated rings. The van der Waals surface area contributed by atoms with Gasteiger partial charge in [0, 0.05) is 13.3 Å². The van der Waals surface area contributed by atoms with Gasteiger partial charge >= 0.3 is 5.97 Å². The third kappa shape index (κ3) is 5.35. The molecule has 0 aliphatic rings. The van der Waals surface area contributed by atoms with Crippen LogP contribution in [-0.4, -0.2) is 23.5 Å². The number of unbranched alkanes of at least 4 members (excludes halogenated alkanes) is 1. The number of amides is 1. The second-order valence-electron chi connectivity index (χ2n) is 2.94. The van der Waals surface area contributed by atoms with Gasteiger partial charge in [0.15, 0.2) is 0 Å². The van der Waals surface area contributed by atoms with Crippen molar-refractivity contribution in [3.8, 4) is 0 Å². The van der Waals surface area contributed by atoms with Crippen molar-refractivity contribution < 1.29 is 14.4 Å². The first-order valence-electron chi connectivity index (χ1n) is 4.71. The summed E-state index contributed by atoms with van der Waals surface area (Å²) in [5.74, 6) is -0.668. The normalized spacial score (nSPS) is 9.29. The third-order valence-corrected chi connectivity index (χ3v) is 1.59. The van der Waals surface area contributed by atoms with E-state index in [0.29, 0.717) is 6.42 Å². The summed E-state index contributed by atoms with van der Waals surface area (Å²) in [6.07, 6.45) is 3.56. The highest BCUT2D eigenvalue weighted by atomic mass is 16.7. The molecule has 4 heteroatoms. The van der Waals surface area contributed by atoms with Gasteiger partial charge in [-0.1, -0.05) is 19.4 Å². The number of rotatable bonds is 5. The molecule has 14 heavy (non-hydrogen) atoms. The fourth-order valence-corrected chi connectivity index (χ4v) is 0.837. The van der Waals surface area contributed by atoms with Gasteiger partial charge in [0.05, 0.1) is 6.54 Å². The van der Waals surface area contributed by atoms with Gasteiger partial charge in [-0.3, -0.25) is 4.79 Å². The summed E-state index contributed by atoms with van der Waals surface area (Å²) in [6.45, 7) is 7.03. The van der Waals surface area contributed by atoms with Crippen LogP contribution in [0.4, 0.5) is 0 Å². The van der Waals surface area contributed by atoms with E-state index in [1.807, 2.05) is 6.92 Å². The average molecular weight is 199 g/mol. The topological polar surface area (TPSA) is 46.6 Å². The van der Waals surface area contributed by atoms with E-state index < -0.39 is 0 Å². The summed E-state index contributed by atoms with van der Waals surface area (Å²) >= 11 is 0. The monoisotopic (exact) mass is 199 g/mol. The van der Waals surface area contributed by atoms with Gasteiger partial charge in [-0.25, -0.2) is 4.79 Å². The molecule has 0 unspecified atom stereocenters. The minimum atomic E-state index is -0.371. The summed E-state index contributed by atoms with van der Waals surface area (Å²) in [7, 11) is 0. The molecule has 0 saturated heterocycles. The smallest absolute Gasteiger partial charge is 0.332 e. The van der Waals surface area contributed by atoms with Crippen molar-refractivity contribution in [3.63, 3.8) is 0 Å². The SMILES string of the molecule is C=CCN(OC(=O)CCCC)C(C)=O. The lowest BCUT2D eigenvalue weighted by atomic mass is 10.3. The molecule has 0 saturated carbocycles. The molecule has 0 aromatic rings. The Bertz CT molecular complexity index is 213. The maximum absolute atomic E-state index is 11.1. The fraction of sp³-hybridized carbons (Fsp3) is 0.600. The maximum Gasteiger partial charge on any atom is 0.332 e. The second-order valence-corrected chi connectivity index (χ2v) is 2.94. The Morgan fingerprint density at radius 2 is 2.14 bits per heavy atom. The molecular weight excluding hydrogens is 182 g/mol. The zero-order valence-electron chi connectivity index (χ0n) is 8.78. The predicted octanol–water partition coefficient (Wildman–Crippen LogP) is 1.67. The second kappa shape index (κ2) is 7.12. The molecule has 0 heterocycles. The van der Waals surface area contributed by atoms with E-state index in [-0.39, 0.29) is 18.4 Å². The molecule has 80 valence electrons. The lowest BCUT2D eigenvalue weighted by Gasteiger charge is -2.17. The molecule has 0 rings (SSSR count). The molecule has 0 aromatic heterocycles. The van der Waals surface area contributed by atoms with E-state index in [4.69, 9.17) is 4.84 Å². The van der Waals surface area contributed by atoms with Crippen LogP contribution < -0.4 is 0 Å². The summed E-state index contributed by atoms with van der Waals surface area (Å²) < 4.78 is 0. The van der Waals surface area contributed by atoms with Crippen molar-refractivity contribution in [2.24, 2.45) is 0 Å². The van der Waals surface area contributed by atoms with Gasteiger partial charge in [-0.2, -0.15) is 5.06 Å². The van der Waals surface area contributed by atoms with Gasteiger partial charge in [-0.15, -0.1) is 6.58 Å². The zero-order valence-corrected chi connectivity index (χ0v) is 8.78. The number of hydrogen-bond donors (Lipinski definition) is 0. The minimum Gasteiger partial charge on any atom is -0.338 e. The van der Waals surface area contributed by atoms with Crippen LogP contribution >= 0.6 is 0 Å². The molecule has 0 aliphatic carbocycles. The first-order chi connectivity index (χ1) is 6.61. The predicted molar refractivity (Wildman–Crippen MR) is 53.2 cm³/mol. The molecule has 4 nitrogen and oxygen atoms in total. The maximum atomic E-state index is 11.1. The van der Waals surface area contributed by atoms with Gasteiger partial charge in [0.2, 0.25) is 0 Å². The van der Waals surface area contributed by atoms with Crippen LogP contribution in [0.1, 0.15) is 33.1 Å². The van der Waals surface area contributed by atoms with Gasteiger partial charge < -0.3 is 4.84 Å². The van der Waals surface area contributed by atoms with Crippen molar-refractivity contribution in [1.29, 1.82) is 0 Å². The van der Waals surface area contributed by atoms with Gasteiger partial charge in [0.25, 0.3) is 5.91 Å². The van der Waals surface area contributed by atoms with Crippen LogP contribution in [0.5, 0.6) is 0 Å². The Labute approximate surface area is 84.5 Å². The molecule has 0 aliphatic heterocycles. The molecular formula is C10H17NO3. The lowest BCUT2D eigenvalue weighted by Crippen LogP contribution is -2.31. The van der Waals surface area contributed by atoms with Crippen molar-refractivity contribution >= 4 is 11.9 Å². The highest BCUT2D eigenvalue weighted by Crippen LogP contribution is 2.00. The third-order valence-electron chi connectivity index (χ3n) is 1.59. The van der Waals surface area contributed by atoms with E-state index in [9.17, 15) is 9.59 Å². The van der Waals surface area contributed by atoms with Crippen LogP contribution in [0, 0.1) is 0 Å².